The molecule has 0 aromatic heterocycles. The van der Waals surface area contributed by atoms with E-state index in [4.69, 9.17) is 9.47 Å². The zero-order valence-electron chi connectivity index (χ0n) is 13.3. The summed E-state index contributed by atoms with van der Waals surface area (Å²) in [4.78, 5) is 23.4. The van der Waals surface area contributed by atoms with E-state index in [9.17, 15) is 9.59 Å². The molecule has 0 radical (unpaired) electrons. The number of ether oxygens (including phenoxy) is 2. The Morgan fingerprint density at radius 1 is 1.25 bits per heavy atom. The minimum atomic E-state index is -0.179. The van der Waals surface area contributed by atoms with Gasteiger partial charge in [-0.2, -0.15) is 0 Å². The fourth-order valence-electron chi connectivity index (χ4n) is 2.47. The average Bonchev–Trinajstić information content (AvgIpc) is 2.59. The summed E-state index contributed by atoms with van der Waals surface area (Å²) in [7, 11) is 1.60. The molecule has 2 aromatic rings. The van der Waals surface area contributed by atoms with Gasteiger partial charge in [0.2, 0.25) is 5.91 Å². The van der Waals surface area contributed by atoms with Gasteiger partial charge in [-0.15, -0.1) is 0 Å². The third-order valence-corrected chi connectivity index (χ3v) is 3.67. The normalized spacial score (nSPS) is 12.6. The van der Waals surface area contributed by atoms with Gasteiger partial charge in [0.25, 0.3) is 5.91 Å². The van der Waals surface area contributed by atoms with E-state index < -0.39 is 0 Å². The van der Waals surface area contributed by atoms with Crippen molar-refractivity contribution >= 4 is 17.5 Å². The molecule has 24 heavy (non-hydrogen) atoms. The Morgan fingerprint density at radius 2 is 2.12 bits per heavy atom. The Hall–Kier alpha value is -3.02. The second-order valence-corrected chi connectivity index (χ2v) is 5.47. The first-order chi connectivity index (χ1) is 11.6. The van der Waals surface area contributed by atoms with Crippen LogP contribution in [0.5, 0.6) is 11.5 Å². The van der Waals surface area contributed by atoms with Crippen molar-refractivity contribution in [2.75, 3.05) is 19.0 Å². The number of carbonyl (C=O) groups excluding carboxylic acids is 2. The van der Waals surface area contributed by atoms with E-state index >= 15 is 0 Å². The number of carbonyl (C=O) groups is 2. The van der Waals surface area contributed by atoms with Crippen molar-refractivity contribution in [1.82, 2.24) is 5.32 Å². The maximum Gasteiger partial charge on any atom is 0.262 e. The van der Waals surface area contributed by atoms with Gasteiger partial charge in [-0.25, -0.2) is 0 Å². The van der Waals surface area contributed by atoms with Gasteiger partial charge in [-0.3, -0.25) is 9.59 Å². The first-order valence-corrected chi connectivity index (χ1v) is 7.59. The van der Waals surface area contributed by atoms with Crippen LogP contribution in [0.25, 0.3) is 0 Å². The van der Waals surface area contributed by atoms with E-state index in [1.54, 1.807) is 19.2 Å². The second kappa shape index (κ2) is 7.04. The van der Waals surface area contributed by atoms with Gasteiger partial charge < -0.3 is 20.1 Å². The lowest BCUT2D eigenvalue weighted by atomic mass is 10.1. The highest BCUT2D eigenvalue weighted by atomic mass is 16.5. The number of benzene rings is 2. The van der Waals surface area contributed by atoms with Crippen molar-refractivity contribution < 1.29 is 19.1 Å². The third-order valence-electron chi connectivity index (χ3n) is 3.67. The number of rotatable bonds is 5. The Morgan fingerprint density at radius 3 is 2.96 bits per heavy atom. The number of methoxy groups -OCH3 is 1. The average molecular weight is 326 g/mol. The highest BCUT2D eigenvalue weighted by Crippen LogP contribution is 2.28. The van der Waals surface area contributed by atoms with E-state index in [0.717, 1.165) is 16.9 Å². The van der Waals surface area contributed by atoms with E-state index in [0.29, 0.717) is 18.0 Å². The zero-order valence-corrected chi connectivity index (χ0v) is 13.3. The summed E-state index contributed by atoms with van der Waals surface area (Å²) in [6, 6.07) is 12.9. The fourth-order valence-corrected chi connectivity index (χ4v) is 2.47. The van der Waals surface area contributed by atoms with E-state index in [2.05, 4.69) is 10.6 Å². The van der Waals surface area contributed by atoms with Crippen LogP contribution in [-0.4, -0.2) is 25.5 Å². The molecule has 0 saturated heterocycles. The van der Waals surface area contributed by atoms with Gasteiger partial charge in [-0.05, 0) is 35.4 Å². The van der Waals surface area contributed by atoms with Crippen LogP contribution in [0.15, 0.2) is 42.5 Å². The Balaban J connectivity index is 1.58. The molecule has 2 amide bonds. The smallest absolute Gasteiger partial charge is 0.262 e. The number of amides is 2. The number of hydrogen-bond acceptors (Lipinski definition) is 4. The number of nitrogens with one attached hydrogen (secondary N) is 2. The van der Waals surface area contributed by atoms with Crippen LogP contribution < -0.4 is 20.1 Å². The van der Waals surface area contributed by atoms with Gasteiger partial charge in [0, 0.05) is 6.54 Å². The molecular weight excluding hydrogens is 308 g/mol. The lowest BCUT2D eigenvalue weighted by molar-refractivity contribution is -0.120. The fraction of sp³-hybridized carbons (Fsp3) is 0.222. The molecule has 6 heteroatoms. The monoisotopic (exact) mass is 326 g/mol. The number of anilines is 1. The van der Waals surface area contributed by atoms with Crippen LogP contribution >= 0.6 is 0 Å². The first-order valence-electron chi connectivity index (χ1n) is 7.59. The molecule has 0 fully saturated rings. The summed E-state index contributed by atoms with van der Waals surface area (Å²) < 4.78 is 10.5. The molecule has 0 bridgehead atoms. The van der Waals surface area contributed by atoms with Gasteiger partial charge in [0.15, 0.2) is 6.61 Å². The highest BCUT2D eigenvalue weighted by Gasteiger charge is 2.16. The van der Waals surface area contributed by atoms with Crippen molar-refractivity contribution in [3.63, 3.8) is 0 Å². The van der Waals surface area contributed by atoms with Crippen LogP contribution in [0.4, 0.5) is 5.69 Å². The zero-order chi connectivity index (χ0) is 16.9. The molecule has 124 valence electrons. The minimum absolute atomic E-state index is 0.0314. The molecule has 0 aliphatic carbocycles. The van der Waals surface area contributed by atoms with Crippen molar-refractivity contribution in [2.45, 2.75) is 13.0 Å². The quantitative estimate of drug-likeness (QED) is 0.880. The predicted molar refractivity (Wildman–Crippen MR) is 89.1 cm³/mol. The maximum absolute atomic E-state index is 12.1. The molecule has 0 unspecified atom stereocenters. The highest BCUT2D eigenvalue weighted by molar-refractivity contribution is 5.95. The van der Waals surface area contributed by atoms with E-state index in [1.165, 1.54) is 0 Å². The Bertz CT molecular complexity index is 773. The van der Waals surface area contributed by atoms with E-state index in [-0.39, 0.29) is 24.8 Å². The van der Waals surface area contributed by atoms with Crippen molar-refractivity contribution in [3.05, 3.63) is 53.6 Å². The van der Waals surface area contributed by atoms with Crippen LogP contribution in [-0.2, 0) is 22.6 Å². The summed E-state index contributed by atoms with van der Waals surface area (Å²) in [6.45, 7) is 0.412. The predicted octanol–water partition coefficient (Wildman–Crippen LogP) is 1.89. The first kappa shape index (κ1) is 15.9. The molecule has 2 N–H and O–H groups in total. The Labute approximate surface area is 139 Å². The van der Waals surface area contributed by atoms with Crippen LogP contribution in [0, 0.1) is 0 Å². The van der Waals surface area contributed by atoms with Crippen LogP contribution in [0.2, 0.25) is 0 Å². The molecule has 3 rings (SSSR count). The molecule has 0 spiro atoms. The van der Waals surface area contributed by atoms with Crippen molar-refractivity contribution in [1.29, 1.82) is 0 Å². The third kappa shape index (κ3) is 3.84. The molecule has 1 aliphatic heterocycles. The molecule has 2 aromatic carbocycles. The molecule has 0 saturated carbocycles. The van der Waals surface area contributed by atoms with Gasteiger partial charge in [0.05, 0.1) is 19.2 Å². The summed E-state index contributed by atoms with van der Waals surface area (Å²) in [5.41, 5.74) is 2.40. The molecule has 6 nitrogen and oxygen atoms in total. The van der Waals surface area contributed by atoms with Gasteiger partial charge >= 0.3 is 0 Å². The largest absolute Gasteiger partial charge is 0.497 e. The summed E-state index contributed by atoms with van der Waals surface area (Å²) >= 11 is 0. The number of hydrogen-bond donors (Lipinski definition) is 2. The number of fused-ring (bicyclic) bond motifs is 1. The second-order valence-electron chi connectivity index (χ2n) is 5.47. The Kier molecular flexibility index (Phi) is 4.65. The van der Waals surface area contributed by atoms with Gasteiger partial charge in [-0.1, -0.05) is 18.2 Å². The summed E-state index contributed by atoms with van der Waals surface area (Å²) in [5, 5.41) is 5.62. The lowest BCUT2D eigenvalue weighted by Crippen LogP contribution is -2.26. The van der Waals surface area contributed by atoms with Crippen LogP contribution in [0.1, 0.15) is 11.1 Å². The SMILES string of the molecule is COc1cccc(CC(=O)NCc2ccc3c(c2)NC(=O)CO3)c1. The van der Waals surface area contributed by atoms with Crippen LogP contribution in [0.3, 0.4) is 0 Å². The topological polar surface area (TPSA) is 76.7 Å². The molecule has 1 heterocycles. The van der Waals surface area contributed by atoms with Crippen molar-refractivity contribution in [3.8, 4) is 11.5 Å². The minimum Gasteiger partial charge on any atom is -0.497 e. The van der Waals surface area contributed by atoms with Gasteiger partial charge in [0.1, 0.15) is 11.5 Å². The lowest BCUT2D eigenvalue weighted by Gasteiger charge is -2.18. The molecule has 1 aliphatic rings. The summed E-state index contributed by atoms with van der Waals surface area (Å²) in [6.07, 6.45) is 0.280. The maximum atomic E-state index is 12.1. The molecular formula is C18H18N2O4. The summed E-state index contributed by atoms with van der Waals surface area (Å²) in [5.74, 6) is 1.11. The van der Waals surface area contributed by atoms with Crippen molar-refractivity contribution in [2.24, 2.45) is 0 Å². The molecule has 0 atom stereocenters. The van der Waals surface area contributed by atoms with E-state index in [1.807, 2.05) is 30.3 Å². The standard InChI is InChI=1S/C18H18N2O4/c1-23-14-4-2-3-12(7-14)9-17(21)19-10-13-5-6-16-15(8-13)20-18(22)11-24-16/h2-8H,9-11H2,1H3,(H,19,21)(H,20,22).